The zero-order valence-electron chi connectivity index (χ0n) is 18.6. The number of hydrogen-bond acceptors (Lipinski definition) is 4. The Morgan fingerprint density at radius 1 is 0.903 bits per heavy atom. The maximum Gasteiger partial charge on any atom is 0.150 e. The molecule has 0 fully saturated rings. The van der Waals surface area contributed by atoms with Gasteiger partial charge >= 0.3 is 0 Å². The molecule has 4 nitrogen and oxygen atoms in total. The summed E-state index contributed by atoms with van der Waals surface area (Å²) in [6, 6.07) is 19.4. The minimum absolute atomic E-state index is 0.445. The Balaban J connectivity index is 1.78. The summed E-state index contributed by atoms with van der Waals surface area (Å²) in [6.07, 6.45) is 1.39. The molecule has 0 aliphatic rings. The summed E-state index contributed by atoms with van der Waals surface area (Å²) in [5.74, 6) is 1.52. The molecule has 3 aromatic rings. The fraction of sp³-hybridized carbons (Fsp3) is 0.296. The number of rotatable bonds is 9. The highest BCUT2D eigenvalue weighted by Gasteiger charge is 2.14. The minimum Gasteiger partial charge on any atom is -0.493 e. The van der Waals surface area contributed by atoms with E-state index < -0.39 is 5.60 Å². The van der Waals surface area contributed by atoms with Gasteiger partial charge in [-0.3, -0.25) is 4.79 Å². The maximum atomic E-state index is 10.8. The highest BCUT2D eigenvalue weighted by molar-refractivity contribution is 5.75. The van der Waals surface area contributed by atoms with Gasteiger partial charge in [0.05, 0.1) is 12.2 Å². The summed E-state index contributed by atoms with van der Waals surface area (Å²) >= 11 is 0. The van der Waals surface area contributed by atoms with E-state index in [1.54, 1.807) is 26.0 Å². The molecular formula is C27H30O4. The van der Waals surface area contributed by atoms with Crippen LogP contribution < -0.4 is 9.47 Å². The summed E-state index contributed by atoms with van der Waals surface area (Å²) in [5, 5.41) is 9.89. The third-order valence-corrected chi connectivity index (χ3v) is 5.34. The monoisotopic (exact) mass is 418 g/mol. The summed E-state index contributed by atoms with van der Waals surface area (Å²) in [4.78, 5) is 10.8. The third-order valence-electron chi connectivity index (χ3n) is 5.34. The van der Waals surface area contributed by atoms with Crippen molar-refractivity contribution in [1.29, 1.82) is 0 Å². The average molecular weight is 419 g/mol. The first-order chi connectivity index (χ1) is 14.8. The van der Waals surface area contributed by atoms with Gasteiger partial charge in [0.15, 0.2) is 0 Å². The van der Waals surface area contributed by atoms with Gasteiger partial charge in [-0.15, -0.1) is 0 Å². The number of aldehydes is 1. The van der Waals surface area contributed by atoms with Crippen LogP contribution in [0.1, 0.15) is 47.3 Å². The van der Waals surface area contributed by atoms with Crippen molar-refractivity contribution in [3.63, 3.8) is 0 Å². The molecule has 0 saturated carbocycles. The van der Waals surface area contributed by atoms with Crippen molar-refractivity contribution in [2.45, 2.75) is 46.3 Å². The Kier molecular flexibility index (Phi) is 7.13. The second-order valence-electron chi connectivity index (χ2n) is 8.45. The van der Waals surface area contributed by atoms with E-state index in [9.17, 15) is 9.90 Å². The second kappa shape index (κ2) is 9.80. The first kappa shape index (κ1) is 22.6. The molecule has 0 aromatic heterocycles. The van der Waals surface area contributed by atoms with Crippen LogP contribution in [0.3, 0.4) is 0 Å². The molecule has 0 bridgehead atoms. The van der Waals surface area contributed by atoms with Gasteiger partial charge in [-0.05, 0) is 91.9 Å². The normalized spacial score (nSPS) is 11.3. The molecule has 3 aromatic carbocycles. The van der Waals surface area contributed by atoms with Crippen molar-refractivity contribution in [3.8, 4) is 22.6 Å². The van der Waals surface area contributed by atoms with E-state index in [1.807, 2.05) is 24.3 Å². The van der Waals surface area contributed by atoms with Gasteiger partial charge in [0.1, 0.15) is 24.4 Å². The van der Waals surface area contributed by atoms with Gasteiger partial charge in [0, 0.05) is 12.0 Å². The summed E-state index contributed by atoms with van der Waals surface area (Å²) < 4.78 is 11.8. The van der Waals surface area contributed by atoms with E-state index in [4.69, 9.17) is 9.47 Å². The van der Waals surface area contributed by atoms with E-state index in [-0.39, 0.29) is 0 Å². The topological polar surface area (TPSA) is 55.8 Å². The van der Waals surface area contributed by atoms with Crippen molar-refractivity contribution >= 4 is 6.29 Å². The fourth-order valence-electron chi connectivity index (χ4n) is 3.34. The number of benzene rings is 3. The van der Waals surface area contributed by atoms with E-state index in [1.165, 1.54) is 5.56 Å². The molecule has 0 aliphatic carbocycles. The van der Waals surface area contributed by atoms with Crippen LogP contribution in [0, 0.1) is 13.8 Å². The molecule has 0 atom stereocenters. The van der Waals surface area contributed by atoms with Crippen LogP contribution in [0.15, 0.2) is 60.7 Å². The summed E-state index contributed by atoms with van der Waals surface area (Å²) in [6.45, 7) is 8.66. The maximum absolute atomic E-state index is 10.8. The van der Waals surface area contributed by atoms with Crippen molar-refractivity contribution in [2.75, 3.05) is 6.61 Å². The number of aliphatic hydroxyl groups is 1. The molecular weight excluding hydrogens is 388 g/mol. The molecule has 4 heteroatoms. The van der Waals surface area contributed by atoms with Crippen molar-refractivity contribution in [1.82, 2.24) is 0 Å². The minimum atomic E-state index is -0.744. The van der Waals surface area contributed by atoms with Crippen LogP contribution in [0.4, 0.5) is 0 Å². The van der Waals surface area contributed by atoms with Gasteiger partial charge in [-0.25, -0.2) is 0 Å². The fourth-order valence-corrected chi connectivity index (χ4v) is 3.34. The molecule has 0 saturated heterocycles. The molecule has 0 aliphatic heterocycles. The Bertz CT molecular complexity index is 1030. The quantitative estimate of drug-likeness (QED) is 0.440. The zero-order chi connectivity index (χ0) is 22.4. The molecule has 0 radical (unpaired) electrons. The second-order valence-corrected chi connectivity index (χ2v) is 8.45. The van der Waals surface area contributed by atoms with Gasteiger partial charge in [-0.1, -0.05) is 24.3 Å². The zero-order valence-corrected chi connectivity index (χ0v) is 18.6. The van der Waals surface area contributed by atoms with E-state index in [0.717, 1.165) is 40.0 Å². The highest BCUT2D eigenvalue weighted by atomic mass is 16.5. The number of ether oxygens (including phenoxy) is 2. The Labute approximate surface area is 184 Å². The van der Waals surface area contributed by atoms with E-state index in [0.29, 0.717) is 25.2 Å². The summed E-state index contributed by atoms with van der Waals surface area (Å²) in [7, 11) is 0. The smallest absolute Gasteiger partial charge is 0.150 e. The van der Waals surface area contributed by atoms with Crippen LogP contribution in [0.25, 0.3) is 11.1 Å². The van der Waals surface area contributed by atoms with Crippen molar-refractivity contribution < 1.29 is 19.4 Å². The Hall–Kier alpha value is -3.11. The van der Waals surface area contributed by atoms with Crippen molar-refractivity contribution in [3.05, 3.63) is 82.9 Å². The Morgan fingerprint density at radius 2 is 1.61 bits per heavy atom. The number of hydrogen-bond donors (Lipinski definition) is 1. The molecule has 0 amide bonds. The lowest BCUT2D eigenvalue weighted by Gasteiger charge is -2.18. The predicted molar refractivity (Wildman–Crippen MR) is 124 cm³/mol. The number of carbonyl (C=O) groups excluding carboxylic acids is 1. The van der Waals surface area contributed by atoms with Crippen LogP contribution in [0.5, 0.6) is 11.5 Å². The third kappa shape index (κ3) is 6.19. The van der Waals surface area contributed by atoms with Crippen LogP contribution in [-0.4, -0.2) is 23.6 Å². The van der Waals surface area contributed by atoms with Crippen LogP contribution >= 0.6 is 0 Å². The predicted octanol–water partition coefficient (Wildman–Crippen LogP) is 5.90. The van der Waals surface area contributed by atoms with Crippen LogP contribution in [-0.2, 0) is 6.61 Å². The SMILES string of the molecule is Cc1ccc(OCCC(C)(C)O)cc1-c1cccc(COc2ccc(C=O)cc2)c1C. The molecule has 0 spiro atoms. The molecule has 0 unspecified atom stereocenters. The highest BCUT2D eigenvalue weighted by Crippen LogP contribution is 2.32. The molecule has 1 N–H and O–H groups in total. The molecule has 3 rings (SSSR count). The lowest BCUT2D eigenvalue weighted by Crippen LogP contribution is -2.21. The largest absolute Gasteiger partial charge is 0.493 e. The number of carbonyl (C=O) groups is 1. The summed E-state index contributed by atoms with van der Waals surface area (Å²) in [5.41, 5.74) is 5.57. The van der Waals surface area contributed by atoms with Gasteiger partial charge in [0.2, 0.25) is 0 Å². The van der Waals surface area contributed by atoms with Crippen molar-refractivity contribution in [2.24, 2.45) is 0 Å². The molecule has 0 heterocycles. The van der Waals surface area contributed by atoms with Gasteiger partial charge < -0.3 is 14.6 Å². The van der Waals surface area contributed by atoms with E-state index in [2.05, 4.69) is 38.1 Å². The van der Waals surface area contributed by atoms with Gasteiger partial charge in [-0.2, -0.15) is 0 Å². The average Bonchev–Trinajstić information content (AvgIpc) is 2.74. The first-order valence-electron chi connectivity index (χ1n) is 10.5. The first-order valence-corrected chi connectivity index (χ1v) is 10.5. The Morgan fingerprint density at radius 3 is 2.29 bits per heavy atom. The van der Waals surface area contributed by atoms with Crippen LogP contribution in [0.2, 0.25) is 0 Å². The standard InChI is InChI=1S/C27H30O4/c1-19-8-11-24(30-15-14-27(3,4)29)16-26(19)25-7-5-6-22(20(25)2)18-31-23-12-9-21(17-28)10-13-23/h5-13,16-17,29H,14-15,18H2,1-4H3. The van der Waals surface area contributed by atoms with Gasteiger partial charge in [0.25, 0.3) is 0 Å². The van der Waals surface area contributed by atoms with E-state index >= 15 is 0 Å². The lowest BCUT2D eigenvalue weighted by atomic mass is 9.93. The lowest BCUT2D eigenvalue weighted by molar-refractivity contribution is 0.0553. The molecule has 31 heavy (non-hydrogen) atoms. The molecule has 162 valence electrons. The number of aryl methyl sites for hydroxylation is 1.